The number of nitrogens with zero attached hydrogens (tertiary/aromatic N) is 3. The Morgan fingerprint density at radius 1 is 1.33 bits per heavy atom. The normalized spacial score (nSPS) is 17.8. The van der Waals surface area contributed by atoms with Crippen LogP contribution in [0.4, 0.5) is 8.78 Å². The lowest BCUT2D eigenvalue weighted by Crippen LogP contribution is -2.40. The van der Waals surface area contributed by atoms with Crippen LogP contribution in [-0.4, -0.2) is 40.6 Å². The Morgan fingerprint density at radius 2 is 2.12 bits per heavy atom. The maximum absolute atomic E-state index is 14.2. The van der Waals surface area contributed by atoms with Crippen molar-refractivity contribution in [3.8, 4) is 5.75 Å². The number of aryl methyl sites for hydroxylation is 1. The number of hydrogen-bond donors (Lipinski definition) is 0. The zero-order valence-corrected chi connectivity index (χ0v) is 13.6. The fraction of sp³-hybridized carbons (Fsp3) is 0.412. The molecular weight excluding hydrogens is 316 g/mol. The number of piperidine rings is 1. The van der Waals surface area contributed by atoms with E-state index >= 15 is 0 Å². The number of halogens is 2. The Hall–Kier alpha value is -2.44. The molecule has 0 unspecified atom stereocenters. The van der Waals surface area contributed by atoms with Gasteiger partial charge in [-0.05, 0) is 25.0 Å². The van der Waals surface area contributed by atoms with Crippen molar-refractivity contribution < 1.29 is 18.3 Å². The molecule has 1 aliphatic rings. The minimum Gasteiger partial charge on any atom is -0.494 e. The fourth-order valence-electron chi connectivity index (χ4n) is 3.17. The first-order valence-corrected chi connectivity index (χ1v) is 7.81. The molecule has 128 valence electrons. The SMILES string of the molecule is COc1ccc(C(=O)N2CCC[C@H](c3nccn3C)C2)c(F)c1F. The van der Waals surface area contributed by atoms with Gasteiger partial charge in [0.25, 0.3) is 5.91 Å². The van der Waals surface area contributed by atoms with Gasteiger partial charge in [-0.2, -0.15) is 4.39 Å². The molecular formula is C17H19F2N3O2. The van der Waals surface area contributed by atoms with Crippen LogP contribution in [0, 0.1) is 11.6 Å². The molecule has 1 saturated heterocycles. The quantitative estimate of drug-likeness (QED) is 0.866. The molecule has 0 radical (unpaired) electrons. The monoisotopic (exact) mass is 335 g/mol. The molecule has 2 heterocycles. The van der Waals surface area contributed by atoms with Gasteiger partial charge in [-0.25, -0.2) is 9.37 Å². The number of benzene rings is 1. The summed E-state index contributed by atoms with van der Waals surface area (Å²) in [4.78, 5) is 18.5. The number of likely N-dealkylation sites (tertiary alicyclic amines) is 1. The zero-order valence-electron chi connectivity index (χ0n) is 13.6. The van der Waals surface area contributed by atoms with Crippen molar-refractivity contribution in [3.63, 3.8) is 0 Å². The number of carbonyl (C=O) groups is 1. The van der Waals surface area contributed by atoms with Crippen molar-refractivity contribution in [1.29, 1.82) is 0 Å². The average molecular weight is 335 g/mol. The molecule has 0 N–H and O–H groups in total. The van der Waals surface area contributed by atoms with Gasteiger partial charge in [0, 0.05) is 38.4 Å². The number of imidazole rings is 1. The second-order valence-electron chi connectivity index (χ2n) is 5.93. The predicted octanol–water partition coefficient (Wildman–Crippen LogP) is 2.73. The molecule has 3 rings (SSSR count). The first-order valence-electron chi connectivity index (χ1n) is 7.81. The number of hydrogen-bond acceptors (Lipinski definition) is 3. The Labute approximate surface area is 138 Å². The summed E-state index contributed by atoms with van der Waals surface area (Å²) in [5, 5.41) is 0. The summed E-state index contributed by atoms with van der Waals surface area (Å²) in [6.45, 7) is 0.962. The van der Waals surface area contributed by atoms with Crippen LogP contribution in [0.15, 0.2) is 24.5 Å². The van der Waals surface area contributed by atoms with Crippen molar-refractivity contribution in [1.82, 2.24) is 14.5 Å². The van der Waals surface area contributed by atoms with E-state index in [4.69, 9.17) is 4.74 Å². The molecule has 1 amide bonds. The molecule has 7 heteroatoms. The van der Waals surface area contributed by atoms with E-state index in [0.717, 1.165) is 18.7 Å². The molecule has 0 saturated carbocycles. The van der Waals surface area contributed by atoms with Crippen molar-refractivity contribution in [2.75, 3.05) is 20.2 Å². The zero-order chi connectivity index (χ0) is 17.3. The van der Waals surface area contributed by atoms with Crippen molar-refractivity contribution in [2.24, 2.45) is 7.05 Å². The molecule has 0 bridgehead atoms. The summed E-state index contributed by atoms with van der Waals surface area (Å²) in [7, 11) is 3.16. The Bertz CT molecular complexity index is 760. The highest BCUT2D eigenvalue weighted by Crippen LogP contribution is 2.28. The molecule has 5 nitrogen and oxygen atoms in total. The largest absolute Gasteiger partial charge is 0.494 e. The molecule has 1 aromatic heterocycles. The standard InChI is InChI=1S/C17H19F2N3O2/c1-21-9-7-20-16(21)11-4-3-8-22(10-11)17(23)12-5-6-13(24-2)15(19)14(12)18/h5-7,9,11H,3-4,8,10H2,1-2H3/t11-/m0/s1. The van der Waals surface area contributed by atoms with E-state index in [2.05, 4.69) is 4.98 Å². The molecule has 1 atom stereocenters. The van der Waals surface area contributed by atoms with Crippen LogP contribution in [-0.2, 0) is 7.05 Å². The predicted molar refractivity (Wildman–Crippen MR) is 84.0 cm³/mol. The van der Waals surface area contributed by atoms with E-state index < -0.39 is 17.5 Å². The molecule has 1 fully saturated rings. The highest BCUT2D eigenvalue weighted by atomic mass is 19.2. The summed E-state index contributed by atoms with van der Waals surface area (Å²) in [6.07, 6.45) is 5.28. The van der Waals surface area contributed by atoms with Crippen LogP contribution in [0.2, 0.25) is 0 Å². The van der Waals surface area contributed by atoms with Gasteiger partial charge < -0.3 is 14.2 Å². The van der Waals surface area contributed by atoms with Crippen LogP contribution in [0.1, 0.15) is 34.9 Å². The van der Waals surface area contributed by atoms with Gasteiger partial charge in [0.05, 0.1) is 12.7 Å². The van der Waals surface area contributed by atoms with Crippen LogP contribution >= 0.6 is 0 Å². The van der Waals surface area contributed by atoms with Crippen LogP contribution in [0.3, 0.4) is 0 Å². The lowest BCUT2D eigenvalue weighted by atomic mass is 9.96. The van der Waals surface area contributed by atoms with E-state index in [0.29, 0.717) is 13.1 Å². The number of ether oxygens (including phenoxy) is 1. The van der Waals surface area contributed by atoms with E-state index in [1.54, 1.807) is 11.1 Å². The van der Waals surface area contributed by atoms with Crippen molar-refractivity contribution >= 4 is 5.91 Å². The van der Waals surface area contributed by atoms with E-state index in [9.17, 15) is 13.6 Å². The first kappa shape index (κ1) is 16.4. The van der Waals surface area contributed by atoms with Crippen LogP contribution in [0.25, 0.3) is 0 Å². The third kappa shape index (κ3) is 2.86. The second kappa shape index (κ2) is 6.59. The Balaban J connectivity index is 1.83. The Kier molecular flexibility index (Phi) is 4.51. The highest BCUT2D eigenvalue weighted by Gasteiger charge is 2.30. The number of amides is 1. The fourth-order valence-corrected chi connectivity index (χ4v) is 3.17. The lowest BCUT2D eigenvalue weighted by molar-refractivity contribution is 0.0697. The smallest absolute Gasteiger partial charge is 0.256 e. The highest BCUT2D eigenvalue weighted by molar-refractivity contribution is 5.94. The molecule has 24 heavy (non-hydrogen) atoms. The first-order chi connectivity index (χ1) is 11.5. The second-order valence-corrected chi connectivity index (χ2v) is 5.93. The maximum atomic E-state index is 14.2. The minimum absolute atomic E-state index is 0.0915. The summed E-state index contributed by atoms with van der Waals surface area (Å²) >= 11 is 0. The number of aromatic nitrogens is 2. The maximum Gasteiger partial charge on any atom is 0.256 e. The van der Waals surface area contributed by atoms with Gasteiger partial charge in [-0.15, -0.1) is 0 Å². The number of carbonyl (C=O) groups excluding carboxylic acids is 1. The summed E-state index contributed by atoms with van der Waals surface area (Å²) in [6, 6.07) is 2.54. The molecule has 0 spiro atoms. The van der Waals surface area contributed by atoms with E-state index in [1.807, 2.05) is 17.8 Å². The third-order valence-corrected chi connectivity index (χ3v) is 4.43. The third-order valence-electron chi connectivity index (χ3n) is 4.43. The Morgan fingerprint density at radius 3 is 2.79 bits per heavy atom. The lowest BCUT2D eigenvalue weighted by Gasteiger charge is -2.32. The van der Waals surface area contributed by atoms with Crippen LogP contribution in [0.5, 0.6) is 5.75 Å². The van der Waals surface area contributed by atoms with Crippen molar-refractivity contribution in [3.05, 3.63) is 47.5 Å². The van der Waals surface area contributed by atoms with Gasteiger partial charge >= 0.3 is 0 Å². The summed E-state index contributed by atoms with van der Waals surface area (Å²) in [5.74, 6) is -2.04. The van der Waals surface area contributed by atoms with Gasteiger partial charge in [0.15, 0.2) is 11.6 Å². The van der Waals surface area contributed by atoms with Gasteiger partial charge in [0.1, 0.15) is 5.82 Å². The van der Waals surface area contributed by atoms with Gasteiger partial charge in [-0.3, -0.25) is 4.79 Å². The summed E-state index contributed by atoms with van der Waals surface area (Å²) in [5.41, 5.74) is -0.270. The topological polar surface area (TPSA) is 47.4 Å². The number of methoxy groups -OCH3 is 1. The minimum atomic E-state index is -1.17. The van der Waals surface area contributed by atoms with Gasteiger partial charge in [-0.1, -0.05) is 0 Å². The van der Waals surface area contributed by atoms with E-state index in [1.165, 1.54) is 19.2 Å². The van der Waals surface area contributed by atoms with E-state index in [-0.39, 0.29) is 17.2 Å². The molecule has 1 aliphatic heterocycles. The number of rotatable bonds is 3. The van der Waals surface area contributed by atoms with Gasteiger partial charge in [0.2, 0.25) is 5.82 Å². The molecule has 2 aromatic rings. The van der Waals surface area contributed by atoms with Crippen molar-refractivity contribution in [2.45, 2.75) is 18.8 Å². The molecule has 1 aromatic carbocycles. The molecule has 0 aliphatic carbocycles. The summed E-state index contributed by atoms with van der Waals surface area (Å²) < 4.78 is 34.7. The van der Waals surface area contributed by atoms with Crippen LogP contribution < -0.4 is 4.74 Å². The average Bonchev–Trinajstić information content (AvgIpc) is 3.03.